The summed E-state index contributed by atoms with van der Waals surface area (Å²) in [7, 11) is 0. The number of benzene rings is 2. The maximum absolute atomic E-state index is 14.2. The average molecular weight is 371 g/mol. The van der Waals surface area contributed by atoms with Crippen LogP contribution in [0.5, 0.6) is 0 Å². The molecule has 0 bridgehead atoms. The zero-order chi connectivity index (χ0) is 15.7. The quantitative estimate of drug-likeness (QED) is 0.706. The molecule has 2 aromatic carbocycles. The second-order valence-electron chi connectivity index (χ2n) is 5.44. The highest BCUT2D eigenvalue weighted by atomic mass is 35.5. The van der Waals surface area contributed by atoms with Crippen molar-refractivity contribution in [2.45, 2.75) is 19.4 Å². The van der Waals surface area contributed by atoms with Crippen molar-refractivity contribution in [3.8, 4) is 0 Å². The lowest BCUT2D eigenvalue weighted by molar-refractivity contribution is 0.555. The summed E-state index contributed by atoms with van der Waals surface area (Å²) >= 11 is 0. The standard InChI is InChI=1S/C18H16F2N2.2ClH/c1-11(21)14-8-17(19)16(18(20)9-14)7-12-3-2-4-13-10-22-6-5-15(12)13;;/h2-6,8-11H,7,21H2,1H3;2*1H. The Morgan fingerprint density at radius 3 is 2.38 bits per heavy atom. The molecule has 1 aromatic heterocycles. The van der Waals surface area contributed by atoms with Crippen LogP contribution in [0.25, 0.3) is 10.8 Å². The molecular formula is C18H18Cl2F2N2. The molecule has 0 saturated carbocycles. The summed E-state index contributed by atoms with van der Waals surface area (Å²) in [5.74, 6) is -1.11. The third-order valence-electron chi connectivity index (χ3n) is 3.83. The Morgan fingerprint density at radius 2 is 1.75 bits per heavy atom. The van der Waals surface area contributed by atoms with Crippen LogP contribution < -0.4 is 5.73 Å². The lowest BCUT2D eigenvalue weighted by Gasteiger charge is -2.12. The first-order valence-corrected chi connectivity index (χ1v) is 7.11. The van der Waals surface area contributed by atoms with E-state index < -0.39 is 17.7 Å². The predicted octanol–water partition coefficient (Wildman–Crippen LogP) is 4.97. The summed E-state index contributed by atoms with van der Waals surface area (Å²) in [5, 5.41) is 1.90. The largest absolute Gasteiger partial charge is 0.324 e. The molecule has 3 aromatic rings. The van der Waals surface area contributed by atoms with Gasteiger partial charge in [-0.1, -0.05) is 18.2 Å². The van der Waals surface area contributed by atoms with Crippen LogP contribution in [0.4, 0.5) is 8.78 Å². The van der Waals surface area contributed by atoms with Crippen molar-refractivity contribution in [3.05, 3.63) is 77.1 Å². The molecule has 1 unspecified atom stereocenters. The van der Waals surface area contributed by atoms with E-state index in [4.69, 9.17) is 5.73 Å². The Labute approximate surface area is 151 Å². The number of aromatic nitrogens is 1. The highest BCUT2D eigenvalue weighted by molar-refractivity contribution is 5.86. The maximum Gasteiger partial charge on any atom is 0.129 e. The second-order valence-corrected chi connectivity index (χ2v) is 5.44. The molecule has 6 heteroatoms. The number of fused-ring (bicyclic) bond motifs is 1. The molecule has 0 amide bonds. The van der Waals surface area contributed by atoms with Gasteiger partial charge in [0.05, 0.1) is 0 Å². The average Bonchev–Trinajstić information content (AvgIpc) is 2.50. The SMILES string of the molecule is CC(N)c1cc(F)c(Cc2cccc3cnccc23)c(F)c1.Cl.Cl. The van der Waals surface area contributed by atoms with Gasteiger partial charge < -0.3 is 5.73 Å². The van der Waals surface area contributed by atoms with E-state index in [1.807, 2.05) is 24.3 Å². The Kier molecular flexibility index (Phi) is 7.08. The van der Waals surface area contributed by atoms with E-state index in [1.54, 1.807) is 19.3 Å². The highest BCUT2D eigenvalue weighted by Gasteiger charge is 2.14. The Hall–Kier alpha value is -1.75. The molecule has 0 fully saturated rings. The Bertz CT molecular complexity index is 810. The van der Waals surface area contributed by atoms with Crippen molar-refractivity contribution >= 4 is 35.6 Å². The summed E-state index contributed by atoms with van der Waals surface area (Å²) in [4.78, 5) is 4.07. The van der Waals surface area contributed by atoms with Gasteiger partial charge >= 0.3 is 0 Å². The first-order valence-electron chi connectivity index (χ1n) is 7.11. The fourth-order valence-electron chi connectivity index (χ4n) is 2.59. The van der Waals surface area contributed by atoms with Crippen LogP contribution in [0, 0.1) is 11.6 Å². The predicted molar refractivity (Wildman–Crippen MR) is 98.0 cm³/mol. The van der Waals surface area contributed by atoms with Crippen LogP contribution in [0.15, 0.2) is 48.8 Å². The van der Waals surface area contributed by atoms with Gasteiger partial charge in [0.2, 0.25) is 0 Å². The number of nitrogens with two attached hydrogens (primary N) is 1. The molecule has 1 heterocycles. The Balaban J connectivity index is 0.00000144. The number of nitrogens with zero attached hydrogens (tertiary/aromatic N) is 1. The van der Waals surface area contributed by atoms with Crippen LogP contribution >= 0.6 is 24.8 Å². The minimum absolute atomic E-state index is 0. The van der Waals surface area contributed by atoms with Crippen LogP contribution in [0.3, 0.4) is 0 Å². The molecule has 1 atom stereocenters. The second kappa shape index (κ2) is 8.38. The van der Waals surface area contributed by atoms with Gasteiger partial charge in [-0.3, -0.25) is 4.98 Å². The highest BCUT2D eigenvalue weighted by Crippen LogP contribution is 2.25. The smallest absolute Gasteiger partial charge is 0.129 e. The summed E-state index contributed by atoms with van der Waals surface area (Å²) in [6.45, 7) is 1.70. The van der Waals surface area contributed by atoms with Crippen LogP contribution in [0.2, 0.25) is 0 Å². The van der Waals surface area contributed by atoms with Gasteiger partial charge in [0.1, 0.15) is 11.6 Å². The van der Waals surface area contributed by atoms with Crippen LogP contribution in [0.1, 0.15) is 29.7 Å². The van der Waals surface area contributed by atoms with Crippen molar-refractivity contribution in [1.82, 2.24) is 4.98 Å². The van der Waals surface area contributed by atoms with Crippen molar-refractivity contribution in [3.63, 3.8) is 0 Å². The van der Waals surface area contributed by atoms with E-state index in [0.717, 1.165) is 16.3 Å². The third-order valence-corrected chi connectivity index (χ3v) is 3.83. The zero-order valence-corrected chi connectivity index (χ0v) is 14.6. The van der Waals surface area contributed by atoms with Gasteiger partial charge in [0, 0.05) is 35.8 Å². The molecule has 0 aliphatic heterocycles. The van der Waals surface area contributed by atoms with E-state index in [2.05, 4.69) is 4.98 Å². The molecule has 2 N–H and O–H groups in total. The monoisotopic (exact) mass is 370 g/mol. The minimum Gasteiger partial charge on any atom is -0.324 e. The van der Waals surface area contributed by atoms with Gasteiger partial charge in [-0.15, -0.1) is 24.8 Å². The molecule has 24 heavy (non-hydrogen) atoms. The van der Waals surface area contributed by atoms with Crippen molar-refractivity contribution < 1.29 is 8.78 Å². The number of pyridine rings is 1. The van der Waals surface area contributed by atoms with Crippen LogP contribution in [-0.4, -0.2) is 4.98 Å². The number of rotatable bonds is 3. The summed E-state index contributed by atoms with van der Waals surface area (Å²) in [5.41, 5.74) is 7.08. The lowest BCUT2D eigenvalue weighted by Crippen LogP contribution is -2.08. The van der Waals surface area contributed by atoms with E-state index in [1.165, 1.54) is 12.1 Å². The normalized spacial score (nSPS) is 11.5. The molecule has 0 aliphatic carbocycles. The molecule has 128 valence electrons. The van der Waals surface area contributed by atoms with Gasteiger partial charge in [-0.2, -0.15) is 0 Å². The van der Waals surface area contributed by atoms with E-state index in [9.17, 15) is 8.78 Å². The zero-order valence-electron chi connectivity index (χ0n) is 13.0. The molecule has 0 radical (unpaired) electrons. The van der Waals surface area contributed by atoms with Crippen molar-refractivity contribution in [2.24, 2.45) is 5.73 Å². The first-order chi connectivity index (χ1) is 10.6. The van der Waals surface area contributed by atoms with E-state index in [-0.39, 0.29) is 36.8 Å². The fraction of sp³-hybridized carbons (Fsp3) is 0.167. The summed E-state index contributed by atoms with van der Waals surface area (Å²) < 4.78 is 28.5. The molecule has 0 spiro atoms. The summed E-state index contributed by atoms with van der Waals surface area (Å²) in [6.07, 6.45) is 3.61. The molecular weight excluding hydrogens is 353 g/mol. The first kappa shape index (κ1) is 20.3. The number of hydrogen-bond donors (Lipinski definition) is 1. The van der Waals surface area contributed by atoms with Gasteiger partial charge in [-0.05, 0) is 41.6 Å². The number of halogens is 4. The van der Waals surface area contributed by atoms with E-state index in [0.29, 0.717) is 5.56 Å². The number of hydrogen-bond acceptors (Lipinski definition) is 2. The maximum atomic E-state index is 14.2. The Morgan fingerprint density at radius 1 is 1.08 bits per heavy atom. The molecule has 0 aliphatic rings. The van der Waals surface area contributed by atoms with Gasteiger partial charge in [0.15, 0.2) is 0 Å². The molecule has 0 saturated heterocycles. The van der Waals surface area contributed by atoms with E-state index >= 15 is 0 Å². The van der Waals surface area contributed by atoms with Crippen molar-refractivity contribution in [1.29, 1.82) is 0 Å². The topological polar surface area (TPSA) is 38.9 Å². The third kappa shape index (κ3) is 4.01. The minimum atomic E-state index is -0.557. The molecule has 2 nitrogen and oxygen atoms in total. The van der Waals surface area contributed by atoms with Crippen molar-refractivity contribution in [2.75, 3.05) is 0 Å². The molecule has 3 rings (SSSR count). The van der Waals surface area contributed by atoms with Gasteiger partial charge in [-0.25, -0.2) is 8.78 Å². The van der Waals surface area contributed by atoms with Crippen LogP contribution in [-0.2, 0) is 6.42 Å². The lowest BCUT2D eigenvalue weighted by atomic mass is 9.97. The van der Waals surface area contributed by atoms with Gasteiger partial charge in [0.25, 0.3) is 0 Å². The fourth-order valence-corrected chi connectivity index (χ4v) is 2.59. The summed E-state index contributed by atoms with van der Waals surface area (Å²) in [6, 6.07) is 9.76.